The van der Waals surface area contributed by atoms with Gasteiger partial charge in [-0.3, -0.25) is 4.99 Å². The second kappa shape index (κ2) is 5.31. The van der Waals surface area contributed by atoms with Crippen LogP contribution in [0.1, 0.15) is 33.1 Å². The predicted octanol–water partition coefficient (Wildman–Crippen LogP) is 3.53. The third-order valence-electron chi connectivity index (χ3n) is 3.68. The summed E-state index contributed by atoms with van der Waals surface area (Å²) in [5.41, 5.74) is 7.28. The van der Waals surface area contributed by atoms with Crippen molar-refractivity contribution in [2.45, 2.75) is 38.6 Å². The molecule has 98 valence electrons. The Kier molecular flexibility index (Phi) is 3.95. The van der Waals surface area contributed by atoms with Crippen LogP contribution in [0.4, 0.5) is 5.69 Å². The van der Waals surface area contributed by atoms with Crippen LogP contribution in [0.25, 0.3) is 0 Å². The molecular weight excluding hydrogens is 290 g/mol. The maximum atomic E-state index is 6.10. The highest BCUT2D eigenvalue weighted by atomic mass is 79.9. The van der Waals surface area contributed by atoms with Gasteiger partial charge in [0.25, 0.3) is 0 Å². The van der Waals surface area contributed by atoms with Crippen molar-refractivity contribution in [1.29, 1.82) is 0 Å². The van der Waals surface area contributed by atoms with Crippen LogP contribution in [0, 0.1) is 0 Å². The Balaban J connectivity index is 2.41. The lowest BCUT2D eigenvalue weighted by Gasteiger charge is -2.38. The van der Waals surface area contributed by atoms with E-state index in [1.54, 1.807) is 0 Å². The van der Waals surface area contributed by atoms with Gasteiger partial charge in [-0.2, -0.15) is 0 Å². The standard InChI is InChI=1S/C14H20BrN3/c1-3-8-14(4-2)10-17-13(16)18(14)12-7-5-6-11(15)9-12/h5-7,9H,3-4,8,10H2,1-2H3,(H2,16,17). The molecule has 1 aromatic rings. The Morgan fingerprint density at radius 1 is 1.44 bits per heavy atom. The Labute approximate surface area is 117 Å². The molecule has 0 saturated carbocycles. The second-order valence-corrected chi connectivity index (χ2v) is 5.73. The van der Waals surface area contributed by atoms with Gasteiger partial charge in [0.15, 0.2) is 5.96 Å². The molecular formula is C14H20BrN3. The zero-order valence-corrected chi connectivity index (χ0v) is 12.6. The predicted molar refractivity (Wildman–Crippen MR) is 81.0 cm³/mol. The van der Waals surface area contributed by atoms with E-state index < -0.39 is 0 Å². The van der Waals surface area contributed by atoms with Gasteiger partial charge >= 0.3 is 0 Å². The van der Waals surface area contributed by atoms with E-state index in [0.29, 0.717) is 5.96 Å². The Hall–Kier alpha value is -1.03. The zero-order chi connectivity index (χ0) is 13.2. The van der Waals surface area contributed by atoms with Crippen LogP contribution in [0.2, 0.25) is 0 Å². The average molecular weight is 310 g/mol. The van der Waals surface area contributed by atoms with Gasteiger partial charge in [0.2, 0.25) is 0 Å². The molecule has 18 heavy (non-hydrogen) atoms. The number of rotatable bonds is 4. The minimum Gasteiger partial charge on any atom is -0.369 e. The lowest BCUT2D eigenvalue weighted by atomic mass is 9.89. The highest BCUT2D eigenvalue weighted by Crippen LogP contribution is 2.35. The molecule has 0 saturated heterocycles. The van der Waals surface area contributed by atoms with Gasteiger partial charge in [0.1, 0.15) is 0 Å². The highest BCUT2D eigenvalue weighted by molar-refractivity contribution is 9.10. The molecule has 2 N–H and O–H groups in total. The van der Waals surface area contributed by atoms with Gasteiger partial charge in [0, 0.05) is 10.2 Å². The maximum absolute atomic E-state index is 6.10. The summed E-state index contributed by atoms with van der Waals surface area (Å²) in [5, 5.41) is 0. The van der Waals surface area contributed by atoms with Crippen molar-refractivity contribution in [2.24, 2.45) is 10.7 Å². The number of hydrogen-bond donors (Lipinski definition) is 1. The highest BCUT2D eigenvalue weighted by Gasteiger charge is 2.40. The van der Waals surface area contributed by atoms with Crippen LogP contribution in [-0.4, -0.2) is 18.0 Å². The number of anilines is 1. The minimum absolute atomic E-state index is 0.0552. The molecule has 0 aliphatic carbocycles. The van der Waals surface area contributed by atoms with Crippen LogP contribution in [0.3, 0.4) is 0 Å². The molecule has 1 aliphatic rings. The van der Waals surface area contributed by atoms with Crippen molar-refractivity contribution in [3.8, 4) is 0 Å². The molecule has 2 rings (SSSR count). The van der Waals surface area contributed by atoms with E-state index in [0.717, 1.165) is 36.0 Å². The van der Waals surface area contributed by atoms with Crippen LogP contribution < -0.4 is 10.6 Å². The fourth-order valence-electron chi connectivity index (χ4n) is 2.74. The summed E-state index contributed by atoms with van der Waals surface area (Å²) >= 11 is 3.52. The summed E-state index contributed by atoms with van der Waals surface area (Å²) in [6.45, 7) is 5.23. The second-order valence-electron chi connectivity index (χ2n) is 4.82. The van der Waals surface area contributed by atoms with Gasteiger partial charge in [-0.05, 0) is 31.0 Å². The molecule has 1 heterocycles. The number of aliphatic imine (C=N–C) groups is 1. The molecule has 1 aliphatic heterocycles. The average Bonchev–Trinajstić information content (AvgIpc) is 2.68. The van der Waals surface area contributed by atoms with Crippen molar-refractivity contribution >= 4 is 27.6 Å². The largest absolute Gasteiger partial charge is 0.369 e. The van der Waals surface area contributed by atoms with Gasteiger partial charge < -0.3 is 10.6 Å². The SMILES string of the molecule is CCCC1(CC)CN=C(N)N1c1cccc(Br)c1. The molecule has 0 spiro atoms. The lowest BCUT2D eigenvalue weighted by Crippen LogP contribution is -2.51. The van der Waals surface area contributed by atoms with Gasteiger partial charge in [-0.25, -0.2) is 0 Å². The van der Waals surface area contributed by atoms with E-state index in [2.05, 4.69) is 51.8 Å². The van der Waals surface area contributed by atoms with E-state index in [9.17, 15) is 0 Å². The first kappa shape index (κ1) is 13.4. The van der Waals surface area contributed by atoms with Crippen molar-refractivity contribution in [2.75, 3.05) is 11.4 Å². The van der Waals surface area contributed by atoms with Crippen molar-refractivity contribution in [3.63, 3.8) is 0 Å². The monoisotopic (exact) mass is 309 g/mol. The first-order chi connectivity index (χ1) is 8.63. The van der Waals surface area contributed by atoms with E-state index in [1.165, 1.54) is 0 Å². The number of guanidine groups is 1. The van der Waals surface area contributed by atoms with Gasteiger partial charge in [-0.15, -0.1) is 0 Å². The maximum Gasteiger partial charge on any atom is 0.196 e. The van der Waals surface area contributed by atoms with Crippen LogP contribution in [-0.2, 0) is 0 Å². The van der Waals surface area contributed by atoms with Crippen molar-refractivity contribution in [1.82, 2.24) is 0 Å². The Morgan fingerprint density at radius 3 is 2.83 bits per heavy atom. The number of hydrogen-bond acceptors (Lipinski definition) is 3. The summed E-state index contributed by atoms with van der Waals surface area (Å²) < 4.78 is 1.07. The van der Waals surface area contributed by atoms with Crippen LogP contribution >= 0.6 is 15.9 Å². The van der Waals surface area contributed by atoms with E-state index in [1.807, 2.05) is 12.1 Å². The molecule has 0 amide bonds. The minimum atomic E-state index is 0.0552. The van der Waals surface area contributed by atoms with Gasteiger partial charge in [-0.1, -0.05) is 42.3 Å². The molecule has 1 unspecified atom stereocenters. The van der Waals surface area contributed by atoms with Crippen LogP contribution in [0.5, 0.6) is 0 Å². The molecule has 4 heteroatoms. The van der Waals surface area contributed by atoms with E-state index in [-0.39, 0.29) is 5.54 Å². The first-order valence-electron chi connectivity index (χ1n) is 6.48. The quantitative estimate of drug-likeness (QED) is 0.924. The molecule has 0 fully saturated rings. The number of nitrogens with two attached hydrogens (primary N) is 1. The van der Waals surface area contributed by atoms with E-state index >= 15 is 0 Å². The molecule has 0 bridgehead atoms. The summed E-state index contributed by atoms with van der Waals surface area (Å²) in [7, 11) is 0. The summed E-state index contributed by atoms with van der Waals surface area (Å²) in [4.78, 5) is 6.68. The molecule has 0 radical (unpaired) electrons. The zero-order valence-electron chi connectivity index (χ0n) is 11.0. The van der Waals surface area contributed by atoms with E-state index in [4.69, 9.17) is 5.73 Å². The smallest absolute Gasteiger partial charge is 0.196 e. The third kappa shape index (κ3) is 2.26. The summed E-state index contributed by atoms with van der Waals surface area (Å²) in [6, 6.07) is 8.27. The molecule has 0 aromatic heterocycles. The third-order valence-corrected chi connectivity index (χ3v) is 4.17. The van der Waals surface area contributed by atoms with Gasteiger partial charge in [0.05, 0.1) is 12.1 Å². The van der Waals surface area contributed by atoms with Crippen molar-refractivity contribution < 1.29 is 0 Å². The fourth-order valence-corrected chi connectivity index (χ4v) is 3.12. The van der Waals surface area contributed by atoms with Crippen LogP contribution in [0.15, 0.2) is 33.7 Å². The summed E-state index contributed by atoms with van der Waals surface area (Å²) in [5.74, 6) is 0.642. The number of nitrogens with zero attached hydrogens (tertiary/aromatic N) is 2. The molecule has 3 nitrogen and oxygen atoms in total. The number of benzene rings is 1. The number of halogens is 1. The first-order valence-corrected chi connectivity index (χ1v) is 7.28. The fraction of sp³-hybridized carbons (Fsp3) is 0.500. The van der Waals surface area contributed by atoms with Crippen molar-refractivity contribution in [3.05, 3.63) is 28.7 Å². The molecule has 1 aromatic carbocycles. The summed E-state index contributed by atoms with van der Waals surface area (Å²) in [6.07, 6.45) is 3.30. The Bertz CT molecular complexity index is 458. The normalized spacial score (nSPS) is 23.3. The topological polar surface area (TPSA) is 41.6 Å². The lowest BCUT2D eigenvalue weighted by molar-refractivity contribution is 0.404. The molecule has 1 atom stereocenters. The Morgan fingerprint density at radius 2 is 2.22 bits per heavy atom.